The Morgan fingerprint density at radius 2 is 1.21 bits per heavy atom. The van der Waals surface area contributed by atoms with Gasteiger partial charge in [-0.3, -0.25) is 18.4 Å². The summed E-state index contributed by atoms with van der Waals surface area (Å²) in [6, 6.07) is 45.5. The van der Waals surface area contributed by atoms with E-state index in [4.69, 9.17) is 0 Å². The zero-order valence-corrected chi connectivity index (χ0v) is 45.2. The summed E-state index contributed by atoms with van der Waals surface area (Å²) >= 11 is 0. The monoisotopic (exact) mass is 1640 g/mol. The van der Waals surface area contributed by atoms with Crippen LogP contribution in [0.15, 0.2) is 158 Å². The number of alkyl halides is 3. The van der Waals surface area contributed by atoms with Crippen LogP contribution in [0.4, 0.5) is 35.1 Å². The first-order chi connectivity index (χ1) is 30.6. The average molecular weight is 1640 g/mol. The minimum atomic E-state index is -4.32. The van der Waals surface area contributed by atoms with Crippen molar-refractivity contribution in [2.75, 3.05) is 0 Å². The van der Waals surface area contributed by atoms with Crippen molar-refractivity contribution in [3.05, 3.63) is 223 Å². The van der Waals surface area contributed by atoms with E-state index in [0.717, 1.165) is 47.7 Å². The quantitative estimate of drug-likeness (QED) is 0.130. The number of benzene rings is 5. The third-order valence-corrected chi connectivity index (χ3v) is 9.06. The molecule has 0 saturated heterocycles. The second kappa shape index (κ2) is 27.3. The molecule has 17 heteroatoms. The number of hydrogen-bond donors (Lipinski definition) is 0. The summed E-state index contributed by atoms with van der Waals surface area (Å²) in [6.07, 6.45) is 2.22. The SMILES string of the molecule is CC(C)(C)c1cc[c-]c(-c2ccccn2)c1.FC(F)(F)c1c[c-]c(-n2cccn2)cc1.Fc1c[c-]c(-c2ccccn2)c(F)c1.Fc1ccc2nc(-c3[c-]cccc3)cc(F)c2c1F.[Ir].[Ir].[Ir].[Ir]. The smallest absolute Gasteiger partial charge is 0.305 e. The van der Waals surface area contributed by atoms with Crippen molar-refractivity contribution in [3.63, 3.8) is 0 Å². The first kappa shape index (κ1) is 59.2. The van der Waals surface area contributed by atoms with Gasteiger partial charge in [0.1, 0.15) is 5.82 Å². The molecule has 0 bridgehead atoms. The van der Waals surface area contributed by atoms with E-state index in [1.807, 2.05) is 30.5 Å². The summed E-state index contributed by atoms with van der Waals surface area (Å²) in [6.45, 7) is 6.64. The van der Waals surface area contributed by atoms with Crippen LogP contribution in [0, 0.1) is 53.4 Å². The minimum Gasteiger partial charge on any atom is -0.305 e. The van der Waals surface area contributed by atoms with Gasteiger partial charge in [0.2, 0.25) is 0 Å². The Kier molecular flexibility index (Phi) is 23.8. The molecule has 0 atom stereocenters. The van der Waals surface area contributed by atoms with Gasteiger partial charge in [-0.25, -0.2) is 13.2 Å². The normalized spacial score (nSPS) is 10.4. The maximum atomic E-state index is 13.9. The minimum absolute atomic E-state index is 0. The van der Waals surface area contributed by atoms with Crippen molar-refractivity contribution in [3.8, 4) is 39.5 Å². The molecule has 5 nitrogen and oxygen atoms in total. The third kappa shape index (κ3) is 16.4. The zero-order chi connectivity index (χ0) is 45.9. The number of nitrogens with zero attached hydrogens (tertiary/aromatic N) is 5. The molecule has 360 valence electrons. The molecule has 0 fully saturated rings. The van der Waals surface area contributed by atoms with E-state index in [2.05, 4.69) is 77.2 Å². The van der Waals surface area contributed by atoms with Gasteiger partial charge in [0, 0.05) is 117 Å². The van der Waals surface area contributed by atoms with E-state index < -0.39 is 46.2 Å². The van der Waals surface area contributed by atoms with Gasteiger partial charge >= 0.3 is 6.18 Å². The molecule has 68 heavy (non-hydrogen) atoms. The standard InChI is InChI=1S/C15H7F3N.C15H16N.C11H6F2N.C10H6F3N2.4Ir/c16-10-6-7-12-14(15(10)18)11(17)8-13(19-12)9-4-2-1-3-5-9;1-15(2,3)13-8-6-7-12(11-13)14-9-4-5-10-16-14;12-8-4-5-9(10(13)7-8)11-3-1-2-6-14-11;11-10(12,13)8-2-4-9(5-3-8)15-7-1-6-14-15;;;;/h1-4,6-8H;4-6,8-11H,1-3H3;1-4,6-7H;1-4,6-7H;;;;/q4*-1;;;;. The van der Waals surface area contributed by atoms with Crippen LogP contribution in [-0.2, 0) is 92.0 Å². The maximum Gasteiger partial charge on any atom is 0.370 e. The van der Waals surface area contributed by atoms with Crippen LogP contribution in [0.1, 0.15) is 31.9 Å². The molecular formula is C51H35F8Ir4N5-4. The van der Waals surface area contributed by atoms with Gasteiger partial charge in [0.05, 0.1) is 10.9 Å². The van der Waals surface area contributed by atoms with Gasteiger partial charge in [-0.15, -0.1) is 89.5 Å². The number of fused-ring (bicyclic) bond motifs is 1. The molecule has 0 aliphatic carbocycles. The average Bonchev–Trinajstić information content (AvgIpc) is 3.84. The molecule has 4 radical (unpaired) electrons. The van der Waals surface area contributed by atoms with Crippen LogP contribution in [0.2, 0.25) is 0 Å². The van der Waals surface area contributed by atoms with Crippen molar-refractivity contribution in [2.24, 2.45) is 0 Å². The van der Waals surface area contributed by atoms with E-state index in [9.17, 15) is 35.1 Å². The second-order valence-electron chi connectivity index (χ2n) is 14.6. The maximum absolute atomic E-state index is 13.9. The predicted molar refractivity (Wildman–Crippen MR) is 229 cm³/mol. The molecule has 4 heterocycles. The van der Waals surface area contributed by atoms with E-state index in [-0.39, 0.29) is 96.9 Å². The Hall–Kier alpha value is -4.94. The largest absolute Gasteiger partial charge is 0.370 e. The number of pyridine rings is 3. The van der Waals surface area contributed by atoms with Crippen LogP contribution < -0.4 is 0 Å². The summed E-state index contributed by atoms with van der Waals surface area (Å²) in [5, 5.41) is 3.45. The Labute approximate surface area is 442 Å². The number of aromatic nitrogens is 5. The van der Waals surface area contributed by atoms with Crippen LogP contribution in [0.3, 0.4) is 0 Å². The van der Waals surface area contributed by atoms with Gasteiger partial charge < -0.3 is 9.97 Å². The molecule has 4 aromatic heterocycles. The Balaban J connectivity index is 0.000000307. The third-order valence-electron chi connectivity index (χ3n) is 9.06. The van der Waals surface area contributed by atoms with Crippen LogP contribution in [0.5, 0.6) is 0 Å². The molecular weight excluding hydrogens is 1600 g/mol. The molecule has 0 N–H and O–H groups in total. The summed E-state index contributed by atoms with van der Waals surface area (Å²) < 4.78 is 104. The van der Waals surface area contributed by atoms with E-state index in [1.54, 1.807) is 67.1 Å². The molecule has 9 rings (SSSR count). The molecule has 5 aromatic carbocycles. The Morgan fingerprint density at radius 3 is 1.76 bits per heavy atom. The summed E-state index contributed by atoms with van der Waals surface area (Å²) in [4.78, 5) is 12.4. The van der Waals surface area contributed by atoms with Crippen molar-refractivity contribution in [1.29, 1.82) is 0 Å². The van der Waals surface area contributed by atoms with Crippen molar-refractivity contribution in [2.45, 2.75) is 32.4 Å². The first-order valence-electron chi connectivity index (χ1n) is 19.3. The summed E-state index contributed by atoms with van der Waals surface area (Å²) in [7, 11) is 0. The topological polar surface area (TPSA) is 56.5 Å². The van der Waals surface area contributed by atoms with Crippen molar-refractivity contribution < 1.29 is 116 Å². The van der Waals surface area contributed by atoms with Gasteiger partial charge in [0.25, 0.3) is 0 Å². The van der Waals surface area contributed by atoms with Crippen LogP contribution in [-0.4, -0.2) is 24.7 Å². The van der Waals surface area contributed by atoms with Crippen LogP contribution in [0.25, 0.3) is 50.4 Å². The molecule has 0 unspecified atom stereocenters. The molecule has 0 aliphatic heterocycles. The first-order valence-corrected chi connectivity index (χ1v) is 19.3. The molecule has 0 amide bonds. The molecule has 0 saturated carbocycles. The molecule has 9 aromatic rings. The molecule has 0 aliphatic rings. The van der Waals surface area contributed by atoms with Crippen molar-refractivity contribution in [1.82, 2.24) is 24.7 Å². The zero-order valence-electron chi connectivity index (χ0n) is 35.6. The van der Waals surface area contributed by atoms with Crippen molar-refractivity contribution >= 4 is 10.9 Å². The number of hydrogen-bond acceptors (Lipinski definition) is 4. The fraction of sp³-hybridized carbons (Fsp3) is 0.0980. The van der Waals surface area contributed by atoms with E-state index in [0.29, 0.717) is 22.6 Å². The number of halogens is 8. The Bertz CT molecular complexity index is 2910. The fourth-order valence-electron chi connectivity index (χ4n) is 5.81. The molecule has 0 spiro atoms. The second-order valence-corrected chi connectivity index (χ2v) is 14.6. The van der Waals surface area contributed by atoms with E-state index >= 15 is 0 Å². The Morgan fingerprint density at radius 1 is 0.529 bits per heavy atom. The fourth-order valence-corrected chi connectivity index (χ4v) is 5.81. The van der Waals surface area contributed by atoms with Gasteiger partial charge in [-0.05, 0) is 64.6 Å². The summed E-state index contributed by atoms with van der Waals surface area (Å²) in [5.74, 6) is -4.43. The van der Waals surface area contributed by atoms with Crippen LogP contribution >= 0.6 is 0 Å². The van der Waals surface area contributed by atoms with E-state index in [1.165, 1.54) is 22.4 Å². The number of rotatable bonds is 4. The predicted octanol–water partition coefficient (Wildman–Crippen LogP) is 13.5. The summed E-state index contributed by atoms with van der Waals surface area (Å²) in [5.41, 5.74) is 4.92. The van der Waals surface area contributed by atoms with Gasteiger partial charge in [-0.1, -0.05) is 62.2 Å². The van der Waals surface area contributed by atoms with Gasteiger partial charge in [-0.2, -0.15) is 36.5 Å². The van der Waals surface area contributed by atoms with Gasteiger partial charge in [0.15, 0.2) is 11.6 Å².